The van der Waals surface area contributed by atoms with Crippen LogP contribution in [0, 0.1) is 25.6 Å². The van der Waals surface area contributed by atoms with E-state index in [-0.39, 0.29) is 17.6 Å². The number of amides is 1. The van der Waals surface area contributed by atoms with Crippen molar-refractivity contribution in [2.75, 3.05) is 11.4 Å². The normalized spacial score (nSPS) is 15.2. The summed E-state index contributed by atoms with van der Waals surface area (Å²) < 4.78 is 19.7. The Bertz CT molecular complexity index is 1360. The van der Waals surface area contributed by atoms with Crippen LogP contribution in [0.2, 0.25) is 0 Å². The highest BCUT2D eigenvalue weighted by Gasteiger charge is 2.37. The summed E-state index contributed by atoms with van der Waals surface area (Å²) in [6.45, 7) is 5.37. The first-order valence-electron chi connectivity index (χ1n) is 13.0. The van der Waals surface area contributed by atoms with Gasteiger partial charge in [0.15, 0.2) is 0 Å². The lowest BCUT2D eigenvalue weighted by molar-refractivity contribution is -0.127. The highest BCUT2D eigenvalue weighted by Crippen LogP contribution is 2.31. The van der Waals surface area contributed by atoms with Gasteiger partial charge in [0.1, 0.15) is 18.2 Å². The zero-order valence-corrected chi connectivity index (χ0v) is 23.8. The summed E-state index contributed by atoms with van der Waals surface area (Å²) in [5.41, 5.74) is 5.12. The lowest BCUT2D eigenvalue weighted by Gasteiger charge is -2.39. The molecule has 1 amide bonds. The quantitative estimate of drug-likeness (QED) is 0.212. The molecule has 0 aromatic heterocycles. The van der Waals surface area contributed by atoms with E-state index in [0.717, 1.165) is 21.5 Å². The third kappa shape index (κ3) is 8.01. The molecule has 0 spiro atoms. The van der Waals surface area contributed by atoms with Crippen molar-refractivity contribution in [3.63, 3.8) is 0 Å². The van der Waals surface area contributed by atoms with Crippen LogP contribution in [0.4, 0.5) is 10.1 Å². The minimum atomic E-state index is -0.656. The Morgan fingerprint density at radius 2 is 1.67 bits per heavy atom. The maximum atomic E-state index is 12.9. The fourth-order valence-electron chi connectivity index (χ4n) is 4.34. The summed E-state index contributed by atoms with van der Waals surface area (Å²) in [4.78, 5) is 14.0. The number of ether oxygens (including phenoxy) is 1. The van der Waals surface area contributed by atoms with E-state index in [0.29, 0.717) is 31.6 Å². The van der Waals surface area contributed by atoms with Gasteiger partial charge in [0, 0.05) is 16.7 Å². The lowest BCUT2D eigenvalue weighted by atomic mass is 9.90. The summed E-state index contributed by atoms with van der Waals surface area (Å²) in [7, 11) is 0. The molecule has 0 bridgehead atoms. The molecule has 1 fully saturated rings. The van der Waals surface area contributed by atoms with Crippen LogP contribution in [-0.4, -0.2) is 17.6 Å². The molecular weight excluding hydrogens is 557 g/mol. The molecule has 4 aromatic rings. The molecule has 1 N–H and O–H groups in total. The van der Waals surface area contributed by atoms with E-state index in [1.807, 2.05) is 74.5 Å². The van der Waals surface area contributed by atoms with Crippen LogP contribution in [0.3, 0.4) is 0 Å². The number of rotatable bonds is 8. The maximum Gasteiger partial charge on any atom is 0.231 e. The largest absolute Gasteiger partial charge is 0.489 e. The Kier molecular flexibility index (Phi) is 9.90. The van der Waals surface area contributed by atoms with Crippen LogP contribution in [0.5, 0.6) is 5.75 Å². The van der Waals surface area contributed by atoms with Crippen LogP contribution < -0.4 is 9.64 Å². The van der Waals surface area contributed by atoms with Crippen molar-refractivity contribution in [3.8, 4) is 5.75 Å². The molecule has 0 saturated carbocycles. The van der Waals surface area contributed by atoms with Gasteiger partial charge in [0.25, 0.3) is 0 Å². The molecule has 4 nitrogen and oxygen atoms in total. The molecule has 39 heavy (non-hydrogen) atoms. The van der Waals surface area contributed by atoms with E-state index in [2.05, 4.69) is 28.1 Å². The van der Waals surface area contributed by atoms with Crippen molar-refractivity contribution < 1.29 is 19.0 Å². The molecule has 1 aliphatic rings. The number of halogens is 2. The number of aliphatic hydroxyl groups is 1. The monoisotopic (exact) mass is 589 g/mol. The highest BCUT2D eigenvalue weighted by atomic mass is 79.9. The van der Waals surface area contributed by atoms with E-state index in [9.17, 15) is 14.3 Å². The van der Waals surface area contributed by atoms with Gasteiger partial charge < -0.3 is 14.7 Å². The first-order chi connectivity index (χ1) is 18.8. The minimum Gasteiger partial charge on any atom is -0.489 e. The third-order valence-corrected chi connectivity index (χ3v) is 7.29. The van der Waals surface area contributed by atoms with E-state index >= 15 is 0 Å². The number of benzene rings is 4. The topological polar surface area (TPSA) is 49.8 Å². The first-order valence-corrected chi connectivity index (χ1v) is 13.8. The summed E-state index contributed by atoms with van der Waals surface area (Å²) in [6, 6.07) is 30.0. The molecule has 1 heterocycles. The van der Waals surface area contributed by atoms with E-state index in [1.165, 1.54) is 23.3 Å². The van der Waals surface area contributed by atoms with Gasteiger partial charge >= 0.3 is 0 Å². The number of aryl methyl sites for hydroxylation is 2. The number of hydrogen-bond donors (Lipinski definition) is 1. The standard InChI is InChI=1S/C19H20FNO2.C14H13BrO/c1-13-2-9-17(10-3-13)21-12-15(19(21)23)6-11-18(22)14-4-7-16(20)8-5-14;1-11-7-8-13(15)9-14(11)16-10-12-5-3-2-4-6-12/h2-5,7-10,15,18,22H,6,11-12H2,1H3;2-9H,10H2,1H3. The summed E-state index contributed by atoms with van der Waals surface area (Å²) >= 11 is 3.44. The number of carbonyl (C=O) groups excluding carboxylic acids is 1. The SMILES string of the molecule is Cc1ccc(Br)cc1OCc1ccccc1.Cc1ccc(N2CC(CCC(O)c3ccc(F)cc3)C2=O)cc1. The molecule has 1 aliphatic heterocycles. The number of aliphatic hydroxyl groups excluding tert-OH is 1. The summed E-state index contributed by atoms with van der Waals surface area (Å²) in [5, 5.41) is 10.1. The molecule has 202 valence electrons. The van der Waals surface area contributed by atoms with Gasteiger partial charge in [-0.2, -0.15) is 0 Å². The average molecular weight is 591 g/mol. The second kappa shape index (κ2) is 13.5. The van der Waals surface area contributed by atoms with Crippen molar-refractivity contribution in [2.24, 2.45) is 5.92 Å². The van der Waals surface area contributed by atoms with E-state index < -0.39 is 6.10 Å². The van der Waals surface area contributed by atoms with Gasteiger partial charge in [0.05, 0.1) is 12.0 Å². The number of β-lactam (4-membered cyclic amide) rings is 1. The predicted octanol–water partition coefficient (Wildman–Crippen LogP) is 7.95. The fraction of sp³-hybridized carbons (Fsp3) is 0.242. The first kappa shape index (κ1) is 28.5. The fourth-order valence-corrected chi connectivity index (χ4v) is 4.68. The smallest absolute Gasteiger partial charge is 0.231 e. The Morgan fingerprint density at radius 3 is 2.33 bits per heavy atom. The summed E-state index contributed by atoms with van der Waals surface area (Å²) in [6.07, 6.45) is 0.487. The molecule has 0 aliphatic carbocycles. The van der Waals surface area contributed by atoms with Gasteiger partial charge in [-0.15, -0.1) is 0 Å². The van der Waals surface area contributed by atoms with Gasteiger partial charge in [-0.25, -0.2) is 4.39 Å². The molecule has 4 aromatic carbocycles. The predicted molar refractivity (Wildman–Crippen MR) is 157 cm³/mol. The van der Waals surface area contributed by atoms with Crippen LogP contribution in [-0.2, 0) is 11.4 Å². The maximum absolute atomic E-state index is 12.9. The van der Waals surface area contributed by atoms with Gasteiger partial charge in [0.2, 0.25) is 5.91 Å². The zero-order valence-electron chi connectivity index (χ0n) is 22.2. The highest BCUT2D eigenvalue weighted by molar-refractivity contribution is 9.10. The Labute approximate surface area is 238 Å². The van der Waals surface area contributed by atoms with Gasteiger partial charge in [-0.1, -0.05) is 82.2 Å². The minimum absolute atomic E-state index is 0.0357. The van der Waals surface area contributed by atoms with Crippen LogP contribution in [0.1, 0.15) is 41.2 Å². The molecule has 6 heteroatoms. The van der Waals surface area contributed by atoms with E-state index in [4.69, 9.17) is 4.74 Å². The van der Waals surface area contributed by atoms with E-state index in [1.54, 1.807) is 17.0 Å². The number of anilines is 1. The second-order valence-electron chi connectivity index (χ2n) is 9.81. The second-order valence-corrected chi connectivity index (χ2v) is 10.7. The third-order valence-electron chi connectivity index (χ3n) is 6.79. The molecular formula is C33H33BrFNO3. The molecule has 1 saturated heterocycles. The number of hydrogen-bond acceptors (Lipinski definition) is 3. The number of carbonyl (C=O) groups is 1. The van der Waals surface area contributed by atoms with Gasteiger partial charge in [-0.3, -0.25) is 4.79 Å². The molecule has 2 unspecified atom stereocenters. The van der Waals surface area contributed by atoms with Crippen molar-refractivity contribution >= 4 is 27.5 Å². The Hall–Kier alpha value is -3.48. The van der Waals surface area contributed by atoms with Gasteiger partial charge in [-0.05, 0) is 79.8 Å². The van der Waals surface area contributed by atoms with Crippen LogP contribution in [0.25, 0.3) is 0 Å². The van der Waals surface area contributed by atoms with Crippen LogP contribution >= 0.6 is 15.9 Å². The molecule has 0 radical (unpaired) electrons. The van der Waals surface area contributed by atoms with Crippen molar-refractivity contribution in [1.29, 1.82) is 0 Å². The lowest BCUT2D eigenvalue weighted by Crippen LogP contribution is -2.52. The summed E-state index contributed by atoms with van der Waals surface area (Å²) in [5.74, 6) is 0.689. The Balaban J connectivity index is 0.000000193. The van der Waals surface area contributed by atoms with Crippen LogP contribution in [0.15, 0.2) is 102 Å². The Morgan fingerprint density at radius 1 is 0.974 bits per heavy atom. The average Bonchev–Trinajstić information content (AvgIpc) is 2.95. The van der Waals surface area contributed by atoms with Crippen molar-refractivity contribution in [1.82, 2.24) is 0 Å². The zero-order chi connectivity index (χ0) is 27.8. The van der Waals surface area contributed by atoms with Crippen molar-refractivity contribution in [2.45, 2.75) is 39.4 Å². The molecule has 5 rings (SSSR count). The molecule has 2 atom stereocenters. The number of nitrogens with zero attached hydrogens (tertiary/aromatic N) is 1. The van der Waals surface area contributed by atoms with Crippen molar-refractivity contribution in [3.05, 3.63) is 130 Å².